The van der Waals surface area contributed by atoms with E-state index in [2.05, 4.69) is 14.7 Å². The number of benzene rings is 1. The van der Waals surface area contributed by atoms with Gasteiger partial charge < -0.3 is 4.98 Å². The molecule has 0 spiro atoms. The predicted molar refractivity (Wildman–Crippen MR) is 91.9 cm³/mol. The first-order valence-corrected chi connectivity index (χ1v) is 9.15. The number of nitrogens with zero attached hydrogens (tertiary/aromatic N) is 1. The number of nitrogens with one attached hydrogen (secondary N) is 2. The van der Waals surface area contributed by atoms with Gasteiger partial charge in [-0.1, -0.05) is 12.1 Å². The van der Waals surface area contributed by atoms with E-state index in [1.54, 1.807) is 32.0 Å². The van der Waals surface area contributed by atoms with Crippen LogP contribution in [0.4, 0.5) is 8.78 Å². The van der Waals surface area contributed by atoms with Crippen molar-refractivity contribution in [2.45, 2.75) is 31.2 Å². The second-order valence-electron chi connectivity index (χ2n) is 5.95. The van der Waals surface area contributed by atoms with Crippen LogP contribution in [0.2, 0.25) is 0 Å². The van der Waals surface area contributed by atoms with Crippen LogP contribution in [0.25, 0.3) is 22.2 Å². The van der Waals surface area contributed by atoms with Gasteiger partial charge in [0, 0.05) is 17.6 Å². The molecular formula is C17H17F2N3O2S. The van der Waals surface area contributed by atoms with E-state index >= 15 is 0 Å². The first-order valence-electron chi connectivity index (χ1n) is 7.66. The van der Waals surface area contributed by atoms with Crippen molar-refractivity contribution < 1.29 is 17.2 Å². The third-order valence-electron chi connectivity index (χ3n) is 3.65. The molecule has 0 aliphatic carbocycles. The SMILES string of the molecule is CC(C)NS(=O)(=O)c1ccc(-c2ccnc3[nH]c(C(F)F)cc23)cc1. The minimum Gasteiger partial charge on any atom is -0.338 e. The number of sulfonamides is 1. The van der Waals surface area contributed by atoms with Crippen LogP contribution in [-0.4, -0.2) is 24.4 Å². The summed E-state index contributed by atoms with van der Waals surface area (Å²) in [6.45, 7) is 3.48. The molecule has 0 saturated carbocycles. The summed E-state index contributed by atoms with van der Waals surface area (Å²) in [6.07, 6.45) is -1.09. The molecule has 8 heteroatoms. The van der Waals surface area contributed by atoms with Gasteiger partial charge in [-0.3, -0.25) is 0 Å². The topological polar surface area (TPSA) is 74.8 Å². The zero-order chi connectivity index (χ0) is 18.2. The minimum absolute atomic E-state index is 0.151. The first kappa shape index (κ1) is 17.5. The van der Waals surface area contributed by atoms with Gasteiger partial charge >= 0.3 is 0 Å². The lowest BCUT2D eigenvalue weighted by molar-refractivity contribution is 0.147. The summed E-state index contributed by atoms with van der Waals surface area (Å²) in [4.78, 5) is 6.81. The fraction of sp³-hybridized carbons (Fsp3) is 0.235. The number of H-pyrrole nitrogens is 1. The molecular weight excluding hydrogens is 348 g/mol. The quantitative estimate of drug-likeness (QED) is 0.721. The molecule has 1 aromatic carbocycles. The lowest BCUT2D eigenvalue weighted by atomic mass is 10.0. The Labute approximate surface area is 144 Å². The van der Waals surface area contributed by atoms with Gasteiger partial charge in [-0.25, -0.2) is 26.9 Å². The highest BCUT2D eigenvalue weighted by Gasteiger charge is 2.17. The van der Waals surface area contributed by atoms with Crippen LogP contribution in [0.1, 0.15) is 26.0 Å². The number of hydrogen-bond donors (Lipinski definition) is 2. The highest BCUT2D eigenvalue weighted by molar-refractivity contribution is 7.89. The Morgan fingerprint density at radius 3 is 2.40 bits per heavy atom. The van der Waals surface area contributed by atoms with Crippen LogP contribution >= 0.6 is 0 Å². The van der Waals surface area contributed by atoms with Gasteiger partial charge in [0.15, 0.2) is 0 Å². The molecule has 0 aliphatic heterocycles. The Balaban J connectivity index is 2.02. The summed E-state index contributed by atoms with van der Waals surface area (Å²) < 4.78 is 52.6. The number of aromatic amines is 1. The van der Waals surface area contributed by atoms with E-state index in [1.165, 1.54) is 24.4 Å². The van der Waals surface area contributed by atoms with Crippen molar-refractivity contribution in [3.05, 3.63) is 48.3 Å². The van der Waals surface area contributed by atoms with Crippen molar-refractivity contribution in [2.24, 2.45) is 0 Å². The maximum absolute atomic E-state index is 12.9. The van der Waals surface area contributed by atoms with E-state index in [0.29, 0.717) is 16.6 Å². The monoisotopic (exact) mass is 365 g/mol. The van der Waals surface area contributed by atoms with Crippen molar-refractivity contribution in [1.29, 1.82) is 0 Å². The molecule has 0 aliphatic rings. The largest absolute Gasteiger partial charge is 0.338 e. The Morgan fingerprint density at radius 1 is 1.12 bits per heavy atom. The maximum atomic E-state index is 12.9. The molecule has 2 heterocycles. The molecule has 0 fully saturated rings. The number of fused-ring (bicyclic) bond motifs is 1. The Morgan fingerprint density at radius 2 is 1.80 bits per heavy atom. The molecule has 0 unspecified atom stereocenters. The molecule has 132 valence electrons. The molecule has 3 aromatic rings. The Hall–Kier alpha value is -2.32. The van der Waals surface area contributed by atoms with Gasteiger partial charge in [0.25, 0.3) is 6.43 Å². The molecule has 2 N–H and O–H groups in total. The maximum Gasteiger partial charge on any atom is 0.278 e. The molecule has 0 atom stereocenters. The Kier molecular flexibility index (Phi) is 4.57. The van der Waals surface area contributed by atoms with Crippen molar-refractivity contribution in [3.8, 4) is 11.1 Å². The van der Waals surface area contributed by atoms with Gasteiger partial charge in [-0.2, -0.15) is 0 Å². The summed E-state index contributed by atoms with van der Waals surface area (Å²) >= 11 is 0. The fourth-order valence-corrected chi connectivity index (χ4v) is 3.86. The van der Waals surface area contributed by atoms with E-state index < -0.39 is 16.4 Å². The van der Waals surface area contributed by atoms with Crippen molar-refractivity contribution >= 4 is 21.1 Å². The summed E-state index contributed by atoms with van der Waals surface area (Å²) in [6, 6.07) is 9.16. The molecule has 2 aromatic heterocycles. The standard InChI is InChI=1S/C17H17F2N3O2S/c1-10(2)22-25(23,24)12-5-3-11(4-6-12)13-7-8-20-17-14(13)9-15(21-17)16(18)19/h3-10,16,22H,1-2H3,(H,20,21). The number of pyridine rings is 1. The fourth-order valence-electron chi connectivity index (χ4n) is 2.61. The molecule has 0 amide bonds. The zero-order valence-corrected chi connectivity index (χ0v) is 14.4. The van der Waals surface area contributed by atoms with Crippen LogP contribution in [0, 0.1) is 0 Å². The number of rotatable bonds is 5. The second kappa shape index (κ2) is 6.53. The van der Waals surface area contributed by atoms with Crippen LogP contribution < -0.4 is 4.72 Å². The summed E-state index contributed by atoms with van der Waals surface area (Å²) in [5.74, 6) is 0. The molecule has 3 rings (SSSR count). The first-order chi connectivity index (χ1) is 11.8. The lowest BCUT2D eigenvalue weighted by Crippen LogP contribution is -2.30. The van der Waals surface area contributed by atoms with Gasteiger partial charge in [0.2, 0.25) is 10.0 Å². The van der Waals surface area contributed by atoms with Crippen molar-refractivity contribution in [1.82, 2.24) is 14.7 Å². The van der Waals surface area contributed by atoms with E-state index in [-0.39, 0.29) is 16.6 Å². The average Bonchev–Trinajstić information content (AvgIpc) is 2.98. The van der Waals surface area contributed by atoms with Gasteiger partial charge in [0.1, 0.15) is 5.65 Å². The van der Waals surface area contributed by atoms with E-state index in [1.807, 2.05) is 0 Å². The van der Waals surface area contributed by atoms with Crippen LogP contribution in [-0.2, 0) is 10.0 Å². The summed E-state index contributed by atoms with van der Waals surface area (Å²) in [5, 5.41) is 0.564. The average molecular weight is 365 g/mol. The molecule has 0 bridgehead atoms. The third-order valence-corrected chi connectivity index (χ3v) is 5.33. The number of halogens is 2. The number of hydrogen-bond acceptors (Lipinski definition) is 3. The number of alkyl halides is 2. The molecule has 25 heavy (non-hydrogen) atoms. The van der Waals surface area contributed by atoms with Gasteiger partial charge in [0.05, 0.1) is 10.6 Å². The van der Waals surface area contributed by atoms with Crippen molar-refractivity contribution in [3.63, 3.8) is 0 Å². The molecule has 5 nitrogen and oxygen atoms in total. The summed E-state index contributed by atoms with van der Waals surface area (Å²) in [7, 11) is -3.58. The lowest BCUT2D eigenvalue weighted by Gasteiger charge is -2.10. The minimum atomic E-state index is -3.58. The van der Waals surface area contributed by atoms with Crippen LogP contribution in [0.3, 0.4) is 0 Å². The Bertz CT molecular complexity index is 996. The summed E-state index contributed by atoms with van der Waals surface area (Å²) in [5.41, 5.74) is 1.59. The molecule has 0 saturated heterocycles. The van der Waals surface area contributed by atoms with Crippen LogP contribution in [0.5, 0.6) is 0 Å². The van der Waals surface area contributed by atoms with Gasteiger partial charge in [-0.05, 0) is 49.2 Å². The van der Waals surface area contributed by atoms with E-state index in [4.69, 9.17) is 0 Å². The highest BCUT2D eigenvalue weighted by atomic mass is 32.2. The zero-order valence-electron chi connectivity index (χ0n) is 13.6. The van der Waals surface area contributed by atoms with E-state index in [9.17, 15) is 17.2 Å². The van der Waals surface area contributed by atoms with Crippen LogP contribution in [0.15, 0.2) is 47.5 Å². The normalized spacial score (nSPS) is 12.4. The van der Waals surface area contributed by atoms with Crippen molar-refractivity contribution in [2.75, 3.05) is 0 Å². The predicted octanol–water partition coefficient (Wildman–Crippen LogP) is 3.85. The third kappa shape index (κ3) is 3.54. The molecule has 0 radical (unpaired) electrons. The smallest absolute Gasteiger partial charge is 0.278 e. The number of aromatic nitrogens is 2. The highest BCUT2D eigenvalue weighted by Crippen LogP contribution is 2.31. The second-order valence-corrected chi connectivity index (χ2v) is 7.66. The van der Waals surface area contributed by atoms with E-state index in [0.717, 1.165) is 5.56 Å². The van der Waals surface area contributed by atoms with Gasteiger partial charge in [-0.15, -0.1) is 0 Å².